The Kier molecular flexibility index (Phi) is 4.83. The highest BCUT2D eigenvalue weighted by Gasteiger charge is 2.20. The molecular weight excluding hydrogens is 318 g/mol. The minimum absolute atomic E-state index is 0.00468. The van der Waals surface area contributed by atoms with Gasteiger partial charge in [-0.25, -0.2) is 4.98 Å². The number of hydrogen-bond donors (Lipinski definition) is 2. The second-order valence-corrected chi connectivity index (χ2v) is 5.92. The molecule has 5 heteroatoms. The first-order chi connectivity index (χ1) is 9.56. The van der Waals surface area contributed by atoms with Crippen molar-refractivity contribution in [2.75, 3.05) is 13.7 Å². The molecule has 0 aliphatic carbocycles. The van der Waals surface area contributed by atoms with Gasteiger partial charge in [0.2, 0.25) is 0 Å². The molecule has 1 heterocycles. The number of hydrogen-bond acceptors (Lipinski definition) is 3. The van der Waals surface area contributed by atoms with Gasteiger partial charge in [0, 0.05) is 12.1 Å². The molecule has 2 aromatic rings. The Morgan fingerprint density at radius 1 is 1.40 bits per heavy atom. The predicted molar refractivity (Wildman–Crippen MR) is 84.3 cm³/mol. The van der Waals surface area contributed by atoms with Crippen LogP contribution in [-0.4, -0.2) is 23.6 Å². The van der Waals surface area contributed by atoms with E-state index in [4.69, 9.17) is 10.5 Å². The fraction of sp³-hybridized carbons (Fsp3) is 0.400. The van der Waals surface area contributed by atoms with Gasteiger partial charge < -0.3 is 15.5 Å². The average molecular weight is 338 g/mol. The summed E-state index contributed by atoms with van der Waals surface area (Å²) >= 11 is 3.39. The summed E-state index contributed by atoms with van der Waals surface area (Å²) in [4.78, 5) is 7.57. The van der Waals surface area contributed by atoms with Crippen LogP contribution in [-0.2, 0) is 0 Å². The molecule has 0 saturated carbocycles. The van der Waals surface area contributed by atoms with Crippen molar-refractivity contribution in [2.45, 2.75) is 25.7 Å². The van der Waals surface area contributed by atoms with Crippen LogP contribution in [0.15, 0.2) is 29.0 Å². The Hall–Kier alpha value is -1.33. The van der Waals surface area contributed by atoms with E-state index < -0.39 is 0 Å². The van der Waals surface area contributed by atoms with Crippen LogP contribution in [0.5, 0.6) is 5.75 Å². The molecule has 4 nitrogen and oxygen atoms in total. The molecule has 0 spiro atoms. The molecule has 1 atom stereocenters. The highest BCUT2D eigenvalue weighted by molar-refractivity contribution is 9.10. The molecule has 3 N–H and O–H groups in total. The Bertz CT molecular complexity index is 580. The second-order valence-electron chi connectivity index (χ2n) is 5.06. The maximum absolute atomic E-state index is 5.96. The Balaban J connectivity index is 2.49. The lowest BCUT2D eigenvalue weighted by atomic mass is 9.92. The third-order valence-corrected chi connectivity index (χ3v) is 3.83. The molecule has 2 rings (SSSR count). The molecule has 1 aromatic heterocycles. The number of benzene rings is 1. The SMILES string of the molecule is COc1ccc(C(C)C)cc1C(CN)c1ncc(Br)[nH]1. The number of nitrogens with one attached hydrogen (secondary N) is 1. The van der Waals surface area contributed by atoms with Crippen molar-refractivity contribution in [3.8, 4) is 5.75 Å². The molecule has 0 fully saturated rings. The van der Waals surface area contributed by atoms with E-state index in [0.717, 1.165) is 21.7 Å². The summed E-state index contributed by atoms with van der Waals surface area (Å²) in [5.74, 6) is 2.15. The zero-order valence-corrected chi connectivity index (χ0v) is 13.6. The summed E-state index contributed by atoms with van der Waals surface area (Å²) in [6, 6.07) is 6.27. The summed E-state index contributed by atoms with van der Waals surface area (Å²) in [7, 11) is 1.68. The first-order valence-electron chi connectivity index (χ1n) is 6.65. The van der Waals surface area contributed by atoms with E-state index in [9.17, 15) is 0 Å². The number of nitrogens with two attached hydrogens (primary N) is 1. The van der Waals surface area contributed by atoms with Crippen molar-refractivity contribution >= 4 is 15.9 Å². The number of ether oxygens (including phenoxy) is 1. The van der Waals surface area contributed by atoms with Crippen molar-refractivity contribution in [2.24, 2.45) is 5.73 Å². The summed E-state index contributed by atoms with van der Waals surface area (Å²) < 4.78 is 6.33. The zero-order valence-electron chi connectivity index (χ0n) is 12.0. The number of aromatic amines is 1. The largest absolute Gasteiger partial charge is 0.496 e. The van der Waals surface area contributed by atoms with Crippen LogP contribution in [0.1, 0.15) is 42.6 Å². The number of imidazole rings is 1. The first kappa shape index (κ1) is 15.1. The highest BCUT2D eigenvalue weighted by atomic mass is 79.9. The zero-order chi connectivity index (χ0) is 14.7. The molecule has 1 aromatic carbocycles. The standard InChI is InChI=1S/C15H20BrN3O/c1-9(2)10-4-5-13(20-3)11(6-10)12(7-17)15-18-8-14(16)19-15/h4-6,8-9,12H,7,17H2,1-3H3,(H,18,19). The maximum Gasteiger partial charge on any atom is 0.122 e. The molecular formula is C15H20BrN3O. The number of aromatic nitrogens is 2. The quantitative estimate of drug-likeness (QED) is 0.878. The summed E-state index contributed by atoms with van der Waals surface area (Å²) in [6.45, 7) is 4.82. The minimum atomic E-state index is -0.00468. The normalized spacial score (nSPS) is 12.7. The van der Waals surface area contributed by atoms with E-state index in [2.05, 4.69) is 51.9 Å². The number of rotatable bonds is 5. The van der Waals surface area contributed by atoms with Gasteiger partial charge in [-0.15, -0.1) is 0 Å². The van der Waals surface area contributed by atoms with Crippen molar-refractivity contribution < 1.29 is 4.74 Å². The van der Waals surface area contributed by atoms with Gasteiger partial charge in [0.15, 0.2) is 0 Å². The molecule has 1 unspecified atom stereocenters. The molecule has 0 saturated heterocycles. The van der Waals surface area contributed by atoms with E-state index in [1.165, 1.54) is 5.56 Å². The van der Waals surface area contributed by atoms with Gasteiger partial charge in [-0.05, 0) is 33.5 Å². The second kappa shape index (κ2) is 6.41. The summed E-state index contributed by atoms with van der Waals surface area (Å²) in [5.41, 5.74) is 8.31. The van der Waals surface area contributed by atoms with E-state index in [1.54, 1.807) is 13.3 Å². The monoisotopic (exact) mass is 337 g/mol. The highest BCUT2D eigenvalue weighted by Crippen LogP contribution is 2.33. The maximum atomic E-state index is 5.96. The van der Waals surface area contributed by atoms with Crippen molar-refractivity contribution in [1.82, 2.24) is 9.97 Å². The van der Waals surface area contributed by atoms with Gasteiger partial charge in [0.25, 0.3) is 0 Å². The van der Waals surface area contributed by atoms with E-state index in [-0.39, 0.29) is 5.92 Å². The van der Waals surface area contributed by atoms with Crippen LogP contribution in [0.2, 0.25) is 0 Å². The lowest BCUT2D eigenvalue weighted by molar-refractivity contribution is 0.407. The Labute approximate surface area is 127 Å². The van der Waals surface area contributed by atoms with Crippen LogP contribution >= 0.6 is 15.9 Å². The van der Waals surface area contributed by atoms with Gasteiger partial charge in [-0.1, -0.05) is 26.0 Å². The van der Waals surface area contributed by atoms with Crippen molar-refractivity contribution in [1.29, 1.82) is 0 Å². The fourth-order valence-electron chi connectivity index (χ4n) is 2.26. The lowest BCUT2D eigenvalue weighted by Gasteiger charge is -2.18. The molecule has 0 amide bonds. The van der Waals surface area contributed by atoms with Crippen LogP contribution in [0.3, 0.4) is 0 Å². The molecule has 0 aliphatic heterocycles. The molecule has 0 bridgehead atoms. The van der Waals surface area contributed by atoms with Crippen LogP contribution in [0.4, 0.5) is 0 Å². The molecule has 0 radical (unpaired) electrons. The smallest absolute Gasteiger partial charge is 0.122 e. The topological polar surface area (TPSA) is 63.9 Å². The van der Waals surface area contributed by atoms with Crippen LogP contribution < -0.4 is 10.5 Å². The number of H-pyrrole nitrogens is 1. The van der Waals surface area contributed by atoms with Crippen LogP contribution in [0, 0.1) is 0 Å². The predicted octanol–water partition coefficient (Wildman–Crippen LogP) is 3.39. The summed E-state index contributed by atoms with van der Waals surface area (Å²) in [5, 5.41) is 0. The number of halogens is 1. The fourth-order valence-corrected chi connectivity index (χ4v) is 2.57. The van der Waals surface area contributed by atoms with E-state index >= 15 is 0 Å². The lowest BCUT2D eigenvalue weighted by Crippen LogP contribution is -2.16. The van der Waals surface area contributed by atoms with Gasteiger partial charge in [0.1, 0.15) is 16.2 Å². The molecule has 20 heavy (non-hydrogen) atoms. The number of nitrogens with zero attached hydrogens (tertiary/aromatic N) is 1. The third kappa shape index (κ3) is 3.04. The van der Waals surface area contributed by atoms with E-state index in [1.807, 2.05) is 6.07 Å². The molecule has 108 valence electrons. The average Bonchev–Trinajstić information content (AvgIpc) is 2.86. The number of methoxy groups -OCH3 is 1. The molecule has 0 aliphatic rings. The minimum Gasteiger partial charge on any atom is -0.496 e. The Morgan fingerprint density at radius 2 is 2.15 bits per heavy atom. The third-order valence-electron chi connectivity index (χ3n) is 3.43. The van der Waals surface area contributed by atoms with Crippen molar-refractivity contribution in [3.05, 3.63) is 46.0 Å². The van der Waals surface area contributed by atoms with Crippen LogP contribution in [0.25, 0.3) is 0 Å². The Morgan fingerprint density at radius 3 is 2.65 bits per heavy atom. The van der Waals surface area contributed by atoms with Crippen molar-refractivity contribution in [3.63, 3.8) is 0 Å². The van der Waals surface area contributed by atoms with Gasteiger partial charge >= 0.3 is 0 Å². The summed E-state index contributed by atoms with van der Waals surface area (Å²) in [6.07, 6.45) is 1.75. The van der Waals surface area contributed by atoms with E-state index in [0.29, 0.717) is 12.5 Å². The van der Waals surface area contributed by atoms with Gasteiger partial charge in [-0.2, -0.15) is 0 Å². The van der Waals surface area contributed by atoms with Gasteiger partial charge in [-0.3, -0.25) is 0 Å². The van der Waals surface area contributed by atoms with Gasteiger partial charge in [0.05, 0.1) is 19.2 Å². The first-order valence-corrected chi connectivity index (χ1v) is 7.44.